The molecule has 1 aromatic rings. The van der Waals surface area contributed by atoms with Crippen molar-refractivity contribution in [2.75, 3.05) is 13.1 Å². The molecule has 0 radical (unpaired) electrons. The minimum Gasteiger partial charge on any atom is -0.393 e. The van der Waals surface area contributed by atoms with Gasteiger partial charge < -0.3 is 10.0 Å². The smallest absolute Gasteiger partial charge is 0.275 e. The number of carbonyl (C=O) groups is 1. The molecule has 0 saturated carbocycles. The number of aliphatic hydroxyl groups is 1. The van der Waals surface area contributed by atoms with E-state index in [1.165, 1.54) is 6.20 Å². The van der Waals surface area contributed by atoms with Crippen molar-refractivity contribution in [3.05, 3.63) is 11.9 Å². The molecule has 76 valence electrons. The summed E-state index contributed by atoms with van der Waals surface area (Å²) in [4.78, 5) is 13.4. The highest BCUT2D eigenvalue weighted by Gasteiger charge is 2.23. The molecular formula is C8H11N3O2S. The van der Waals surface area contributed by atoms with Crippen molar-refractivity contribution in [1.82, 2.24) is 13.6 Å². The summed E-state index contributed by atoms with van der Waals surface area (Å²) in [6.07, 6.45) is 2.54. The van der Waals surface area contributed by atoms with Gasteiger partial charge in [-0.15, -0.1) is 0 Å². The van der Waals surface area contributed by atoms with Gasteiger partial charge in [-0.2, -0.15) is 8.75 Å². The minimum absolute atomic E-state index is 0.0781. The van der Waals surface area contributed by atoms with Crippen LogP contribution in [0.1, 0.15) is 23.3 Å². The van der Waals surface area contributed by atoms with Crippen molar-refractivity contribution in [2.45, 2.75) is 18.9 Å². The van der Waals surface area contributed by atoms with Gasteiger partial charge in [-0.1, -0.05) is 0 Å². The lowest BCUT2D eigenvalue weighted by atomic mass is 10.1. The molecule has 0 spiro atoms. The first-order valence-corrected chi connectivity index (χ1v) is 5.25. The molecule has 14 heavy (non-hydrogen) atoms. The normalized spacial score (nSPS) is 18.5. The minimum atomic E-state index is -0.257. The zero-order valence-electron chi connectivity index (χ0n) is 7.59. The van der Waals surface area contributed by atoms with Gasteiger partial charge in [0.25, 0.3) is 5.91 Å². The van der Waals surface area contributed by atoms with E-state index in [4.69, 9.17) is 0 Å². The molecule has 5 nitrogen and oxygen atoms in total. The third-order valence-corrected chi connectivity index (χ3v) is 2.81. The van der Waals surface area contributed by atoms with Crippen LogP contribution in [-0.4, -0.2) is 43.9 Å². The second-order valence-corrected chi connectivity index (χ2v) is 3.87. The molecule has 1 aromatic heterocycles. The Morgan fingerprint density at radius 1 is 1.57 bits per heavy atom. The largest absolute Gasteiger partial charge is 0.393 e. The summed E-state index contributed by atoms with van der Waals surface area (Å²) < 4.78 is 7.67. The molecule has 2 heterocycles. The summed E-state index contributed by atoms with van der Waals surface area (Å²) in [5.74, 6) is -0.0781. The SMILES string of the molecule is O=C(c1cnsn1)N1CCC(O)CC1. The van der Waals surface area contributed by atoms with E-state index in [1.54, 1.807) is 4.90 Å². The zero-order chi connectivity index (χ0) is 9.97. The number of likely N-dealkylation sites (tertiary alicyclic amines) is 1. The average molecular weight is 213 g/mol. The topological polar surface area (TPSA) is 66.3 Å². The van der Waals surface area contributed by atoms with Crippen molar-refractivity contribution in [1.29, 1.82) is 0 Å². The quantitative estimate of drug-likeness (QED) is 0.720. The van der Waals surface area contributed by atoms with Crippen molar-refractivity contribution in [3.63, 3.8) is 0 Å². The molecule has 1 aliphatic heterocycles. The van der Waals surface area contributed by atoms with E-state index in [1.807, 2.05) is 0 Å². The zero-order valence-corrected chi connectivity index (χ0v) is 8.40. The number of rotatable bonds is 1. The van der Waals surface area contributed by atoms with E-state index < -0.39 is 0 Å². The Bertz CT molecular complexity index is 306. The number of amides is 1. The molecule has 0 aliphatic carbocycles. The van der Waals surface area contributed by atoms with Gasteiger partial charge in [0, 0.05) is 13.1 Å². The van der Waals surface area contributed by atoms with Gasteiger partial charge >= 0.3 is 0 Å². The Labute approximate surface area is 85.7 Å². The molecule has 2 rings (SSSR count). The molecule has 1 fully saturated rings. The fourth-order valence-electron chi connectivity index (χ4n) is 1.49. The summed E-state index contributed by atoms with van der Waals surface area (Å²) in [5, 5.41) is 9.28. The summed E-state index contributed by atoms with van der Waals surface area (Å²) in [6, 6.07) is 0. The molecule has 1 N–H and O–H groups in total. The predicted molar refractivity (Wildman–Crippen MR) is 51.1 cm³/mol. The average Bonchev–Trinajstić information content (AvgIpc) is 2.71. The van der Waals surface area contributed by atoms with E-state index in [-0.39, 0.29) is 12.0 Å². The standard InChI is InChI=1S/C8H11N3O2S/c12-6-1-3-11(4-2-6)8(13)7-5-9-14-10-7/h5-6,12H,1-4H2. The fraction of sp³-hybridized carbons (Fsp3) is 0.625. The third-order valence-electron chi connectivity index (χ3n) is 2.33. The van der Waals surface area contributed by atoms with Crippen molar-refractivity contribution < 1.29 is 9.90 Å². The van der Waals surface area contributed by atoms with E-state index >= 15 is 0 Å². The Morgan fingerprint density at radius 3 is 2.86 bits per heavy atom. The van der Waals surface area contributed by atoms with Crippen LogP contribution in [0.15, 0.2) is 6.20 Å². The number of hydrogen-bond acceptors (Lipinski definition) is 5. The first kappa shape index (κ1) is 9.54. The first-order valence-electron chi connectivity index (χ1n) is 4.52. The van der Waals surface area contributed by atoms with Gasteiger partial charge in [0.2, 0.25) is 0 Å². The maximum atomic E-state index is 11.7. The summed E-state index contributed by atoms with van der Waals surface area (Å²) in [6.45, 7) is 1.22. The Balaban J connectivity index is 1.99. The van der Waals surface area contributed by atoms with Crippen LogP contribution in [0.5, 0.6) is 0 Å². The van der Waals surface area contributed by atoms with Crippen LogP contribution in [-0.2, 0) is 0 Å². The predicted octanol–water partition coefficient (Wildman–Crippen LogP) is 0.135. The Kier molecular flexibility index (Phi) is 2.74. The van der Waals surface area contributed by atoms with Crippen LogP contribution in [0.2, 0.25) is 0 Å². The maximum Gasteiger partial charge on any atom is 0.275 e. The number of piperidine rings is 1. The van der Waals surface area contributed by atoms with Crippen LogP contribution in [0, 0.1) is 0 Å². The third kappa shape index (κ3) is 1.91. The number of hydrogen-bond donors (Lipinski definition) is 1. The monoisotopic (exact) mass is 213 g/mol. The molecule has 0 unspecified atom stereocenters. The van der Waals surface area contributed by atoms with Crippen molar-refractivity contribution in [2.24, 2.45) is 0 Å². The molecule has 6 heteroatoms. The van der Waals surface area contributed by atoms with Gasteiger partial charge in [0.05, 0.1) is 24.0 Å². The molecule has 1 amide bonds. The van der Waals surface area contributed by atoms with Crippen LogP contribution < -0.4 is 0 Å². The highest BCUT2D eigenvalue weighted by atomic mass is 32.1. The Hall–Kier alpha value is -1.01. The second-order valence-electron chi connectivity index (χ2n) is 3.32. The van der Waals surface area contributed by atoms with E-state index in [0.29, 0.717) is 31.6 Å². The summed E-state index contributed by atoms with van der Waals surface area (Å²) in [5.41, 5.74) is 0.409. The van der Waals surface area contributed by atoms with Gasteiger partial charge in [-0.3, -0.25) is 4.79 Å². The molecule has 0 atom stereocenters. The molecular weight excluding hydrogens is 202 g/mol. The molecule has 1 aliphatic rings. The van der Waals surface area contributed by atoms with E-state index in [9.17, 15) is 9.90 Å². The summed E-state index contributed by atoms with van der Waals surface area (Å²) in [7, 11) is 0. The van der Waals surface area contributed by atoms with Crippen LogP contribution in [0.3, 0.4) is 0 Å². The van der Waals surface area contributed by atoms with Gasteiger partial charge in [0.1, 0.15) is 0 Å². The lowest BCUT2D eigenvalue weighted by Gasteiger charge is -2.28. The van der Waals surface area contributed by atoms with Gasteiger partial charge in [-0.25, -0.2) is 0 Å². The van der Waals surface area contributed by atoms with E-state index in [0.717, 1.165) is 11.7 Å². The molecule has 0 bridgehead atoms. The van der Waals surface area contributed by atoms with Crippen molar-refractivity contribution >= 4 is 17.6 Å². The number of nitrogens with zero attached hydrogens (tertiary/aromatic N) is 3. The van der Waals surface area contributed by atoms with Gasteiger partial charge in [0.15, 0.2) is 5.69 Å². The molecule has 1 saturated heterocycles. The highest BCUT2D eigenvalue weighted by molar-refractivity contribution is 6.99. The lowest BCUT2D eigenvalue weighted by Crippen LogP contribution is -2.40. The Morgan fingerprint density at radius 2 is 2.29 bits per heavy atom. The van der Waals surface area contributed by atoms with Crippen LogP contribution in [0.25, 0.3) is 0 Å². The number of aromatic nitrogens is 2. The van der Waals surface area contributed by atoms with Crippen LogP contribution >= 0.6 is 11.7 Å². The highest BCUT2D eigenvalue weighted by Crippen LogP contribution is 2.12. The maximum absolute atomic E-state index is 11.7. The first-order chi connectivity index (χ1) is 6.77. The number of aliphatic hydroxyl groups excluding tert-OH is 1. The van der Waals surface area contributed by atoms with E-state index in [2.05, 4.69) is 8.75 Å². The van der Waals surface area contributed by atoms with Gasteiger partial charge in [-0.05, 0) is 12.8 Å². The second kappa shape index (κ2) is 4.02. The number of carbonyl (C=O) groups excluding carboxylic acids is 1. The summed E-state index contributed by atoms with van der Waals surface area (Å²) >= 11 is 1.04. The van der Waals surface area contributed by atoms with Crippen molar-refractivity contribution in [3.8, 4) is 0 Å². The fourth-order valence-corrected chi connectivity index (χ4v) is 1.90. The lowest BCUT2D eigenvalue weighted by molar-refractivity contribution is 0.0542. The molecule has 0 aromatic carbocycles. The van der Waals surface area contributed by atoms with Crippen LogP contribution in [0.4, 0.5) is 0 Å².